The molecule has 27 heavy (non-hydrogen) atoms. The quantitative estimate of drug-likeness (QED) is 0.719. The molecule has 146 valence electrons. The van der Waals surface area contributed by atoms with Gasteiger partial charge < -0.3 is 10.1 Å². The van der Waals surface area contributed by atoms with Gasteiger partial charge in [0, 0.05) is 17.3 Å². The molecule has 0 aromatic heterocycles. The number of nitrogens with one attached hydrogen (secondary N) is 2. The van der Waals surface area contributed by atoms with Crippen LogP contribution in [0.1, 0.15) is 42.6 Å². The number of carbonyl (C=O) groups excluding carboxylic acids is 1. The summed E-state index contributed by atoms with van der Waals surface area (Å²) in [5, 5.41) is 2.77. The molecular formula is C20H26N2O4S. The lowest BCUT2D eigenvalue weighted by atomic mass is 10.1. The first-order chi connectivity index (χ1) is 12.8. The Morgan fingerprint density at radius 3 is 2.22 bits per heavy atom. The Morgan fingerprint density at radius 2 is 1.70 bits per heavy atom. The van der Waals surface area contributed by atoms with Crippen LogP contribution in [0.2, 0.25) is 0 Å². The summed E-state index contributed by atoms with van der Waals surface area (Å²) in [4.78, 5) is 12.6. The third-order valence-electron chi connectivity index (χ3n) is 4.39. The van der Waals surface area contributed by atoms with Gasteiger partial charge >= 0.3 is 0 Å². The van der Waals surface area contributed by atoms with Gasteiger partial charge in [0.1, 0.15) is 5.75 Å². The number of amides is 1. The van der Waals surface area contributed by atoms with Crippen molar-refractivity contribution in [2.75, 3.05) is 12.4 Å². The molecule has 7 heteroatoms. The van der Waals surface area contributed by atoms with Crippen molar-refractivity contribution in [2.24, 2.45) is 0 Å². The molecule has 0 aliphatic heterocycles. The first-order valence-corrected chi connectivity index (χ1v) is 10.4. The van der Waals surface area contributed by atoms with E-state index in [4.69, 9.17) is 4.74 Å². The maximum Gasteiger partial charge on any atom is 0.255 e. The maximum atomic E-state index is 12.4. The molecule has 1 amide bonds. The SMILES string of the molecule is CCC(CC)NS(=O)(=O)c1ccc(NC(=O)c2ccc(OC)c(C)c2)cc1. The summed E-state index contributed by atoms with van der Waals surface area (Å²) in [6.07, 6.45) is 1.45. The fourth-order valence-electron chi connectivity index (χ4n) is 2.68. The number of rotatable bonds is 8. The van der Waals surface area contributed by atoms with Gasteiger partial charge in [0.05, 0.1) is 12.0 Å². The van der Waals surface area contributed by atoms with E-state index in [0.29, 0.717) is 17.0 Å². The largest absolute Gasteiger partial charge is 0.496 e. The van der Waals surface area contributed by atoms with Crippen molar-refractivity contribution in [1.82, 2.24) is 4.72 Å². The second-order valence-corrected chi connectivity index (χ2v) is 8.01. The number of carbonyl (C=O) groups is 1. The molecule has 2 rings (SSSR count). The van der Waals surface area contributed by atoms with Crippen molar-refractivity contribution < 1.29 is 17.9 Å². The number of benzene rings is 2. The van der Waals surface area contributed by atoms with Crippen molar-refractivity contribution in [2.45, 2.75) is 44.6 Å². The number of hydrogen-bond donors (Lipinski definition) is 2. The van der Waals surface area contributed by atoms with E-state index in [1.165, 1.54) is 12.1 Å². The van der Waals surface area contributed by atoms with E-state index in [1.54, 1.807) is 37.4 Å². The molecule has 0 saturated heterocycles. The van der Waals surface area contributed by atoms with Crippen molar-refractivity contribution in [3.8, 4) is 5.75 Å². The number of hydrogen-bond acceptors (Lipinski definition) is 4. The van der Waals surface area contributed by atoms with Gasteiger partial charge in [0.15, 0.2) is 0 Å². The van der Waals surface area contributed by atoms with Crippen LogP contribution in [0, 0.1) is 6.92 Å². The van der Waals surface area contributed by atoms with E-state index in [2.05, 4.69) is 10.0 Å². The average Bonchev–Trinajstić information content (AvgIpc) is 2.66. The fourth-order valence-corrected chi connectivity index (χ4v) is 4.09. The Bertz CT molecular complexity index is 889. The zero-order valence-corrected chi connectivity index (χ0v) is 16.9. The predicted octanol–water partition coefficient (Wildman–Crippen LogP) is 3.72. The van der Waals surface area contributed by atoms with Gasteiger partial charge in [-0.15, -0.1) is 0 Å². The van der Waals surface area contributed by atoms with E-state index < -0.39 is 10.0 Å². The standard InChI is InChI=1S/C20H26N2O4S/c1-5-16(6-2)22-27(24,25)18-10-8-17(9-11-18)21-20(23)15-7-12-19(26-4)14(3)13-15/h7-13,16,22H,5-6H2,1-4H3,(H,21,23). The number of methoxy groups -OCH3 is 1. The van der Waals surface area contributed by atoms with Crippen molar-refractivity contribution in [3.63, 3.8) is 0 Å². The van der Waals surface area contributed by atoms with E-state index in [9.17, 15) is 13.2 Å². The topological polar surface area (TPSA) is 84.5 Å². The summed E-state index contributed by atoms with van der Waals surface area (Å²) >= 11 is 0. The Morgan fingerprint density at radius 1 is 1.07 bits per heavy atom. The van der Waals surface area contributed by atoms with Crippen LogP contribution in [0.5, 0.6) is 5.75 Å². The molecule has 6 nitrogen and oxygen atoms in total. The van der Waals surface area contributed by atoms with Gasteiger partial charge in [-0.05, 0) is 67.8 Å². The van der Waals surface area contributed by atoms with Crippen molar-refractivity contribution in [3.05, 3.63) is 53.6 Å². The molecule has 0 aliphatic rings. The molecule has 2 N–H and O–H groups in total. The van der Waals surface area contributed by atoms with Crippen LogP contribution in [0.25, 0.3) is 0 Å². The van der Waals surface area contributed by atoms with Crippen LogP contribution < -0.4 is 14.8 Å². The van der Waals surface area contributed by atoms with Gasteiger partial charge in [0.2, 0.25) is 10.0 Å². The number of aryl methyl sites for hydroxylation is 1. The van der Waals surface area contributed by atoms with E-state index in [1.807, 2.05) is 20.8 Å². The van der Waals surface area contributed by atoms with Crippen molar-refractivity contribution >= 4 is 21.6 Å². The smallest absolute Gasteiger partial charge is 0.255 e. The normalized spacial score (nSPS) is 11.4. The van der Waals surface area contributed by atoms with Crippen LogP contribution >= 0.6 is 0 Å². The molecule has 0 atom stereocenters. The summed E-state index contributed by atoms with van der Waals surface area (Å²) in [5.74, 6) is 0.442. The van der Waals surface area contributed by atoms with E-state index in [0.717, 1.165) is 18.4 Å². The first kappa shape index (κ1) is 20.9. The molecule has 0 fully saturated rings. The molecule has 2 aromatic carbocycles. The number of ether oxygens (including phenoxy) is 1. The number of anilines is 1. The molecule has 0 bridgehead atoms. The lowest BCUT2D eigenvalue weighted by molar-refractivity contribution is 0.102. The Kier molecular flexibility index (Phi) is 6.98. The molecular weight excluding hydrogens is 364 g/mol. The minimum absolute atomic E-state index is 0.0901. The maximum absolute atomic E-state index is 12.4. The predicted molar refractivity (Wildman–Crippen MR) is 107 cm³/mol. The summed E-state index contributed by atoms with van der Waals surface area (Å²) in [6, 6.07) is 11.2. The Labute approximate surface area is 161 Å². The van der Waals surface area contributed by atoms with Gasteiger partial charge in [-0.3, -0.25) is 4.79 Å². The second-order valence-electron chi connectivity index (χ2n) is 6.30. The van der Waals surface area contributed by atoms with E-state index in [-0.39, 0.29) is 16.8 Å². The summed E-state index contributed by atoms with van der Waals surface area (Å²) in [7, 11) is -1.99. The zero-order chi connectivity index (χ0) is 20.0. The van der Waals surface area contributed by atoms with Gasteiger partial charge in [-0.2, -0.15) is 0 Å². The highest BCUT2D eigenvalue weighted by molar-refractivity contribution is 7.89. The third kappa shape index (κ3) is 5.30. The number of sulfonamides is 1. The minimum atomic E-state index is -3.57. The molecule has 0 aliphatic carbocycles. The Balaban J connectivity index is 2.11. The van der Waals surface area contributed by atoms with Gasteiger partial charge in [-0.1, -0.05) is 13.8 Å². The summed E-state index contributed by atoms with van der Waals surface area (Å²) in [5.41, 5.74) is 1.88. The zero-order valence-electron chi connectivity index (χ0n) is 16.1. The van der Waals surface area contributed by atoms with Crippen molar-refractivity contribution in [1.29, 1.82) is 0 Å². The van der Waals surface area contributed by atoms with Crippen LogP contribution in [0.4, 0.5) is 5.69 Å². The highest BCUT2D eigenvalue weighted by Crippen LogP contribution is 2.20. The summed E-state index contributed by atoms with van der Waals surface area (Å²) < 4.78 is 32.7. The van der Waals surface area contributed by atoms with E-state index >= 15 is 0 Å². The van der Waals surface area contributed by atoms with Gasteiger partial charge in [0.25, 0.3) is 5.91 Å². The highest BCUT2D eigenvalue weighted by atomic mass is 32.2. The lowest BCUT2D eigenvalue weighted by Crippen LogP contribution is -2.33. The molecule has 0 heterocycles. The summed E-state index contributed by atoms with van der Waals surface area (Å²) in [6.45, 7) is 5.74. The van der Waals surface area contributed by atoms with Gasteiger partial charge in [-0.25, -0.2) is 13.1 Å². The van der Waals surface area contributed by atoms with Crippen LogP contribution in [0.15, 0.2) is 47.4 Å². The van der Waals surface area contributed by atoms with Crippen LogP contribution in [-0.4, -0.2) is 27.5 Å². The molecule has 0 spiro atoms. The third-order valence-corrected chi connectivity index (χ3v) is 5.92. The molecule has 2 aromatic rings. The molecule has 0 saturated carbocycles. The lowest BCUT2D eigenvalue weighted by Gasteiger charge is -2.15. The highest BCUT2D eigenvalue weighted by Gasteiger charge is 2.18. The monoisotopic (exact) mass is 390 g/mol. The molecule has 0 radical (unpaired) electrons. The fraction of sp³-hybridized carbons (Fsp3) is 0.350. The Hall–Kier alpha value is -2.38. The molecule has 0 unspecified atom stereocenters. The second kappa shape index (κ2) is 9.01. The minimum Gasteiger partial charge on any atom is -0.496 e. The average molecular weight is 391 g/mol. The van der Waals surface area contributed by atoms with Crippen LogP contribution in [-0.2, 0) is 10.0 Å². The first-order valence-electron chi connectivity index (χ1n) is 8.89. The van der Waals surface area contributed by atoms with Crippen LogP contribution in [0.3, 0.4) is 0 Å².